The third-order valence-electron chi connectivity index (χ3n) is 3.02. The van der Waals surface area contributed by atoms with Gasteiger partial charge in [-0.05, 0) is 24.7 Å². The number of hydroxylamine groups is 2. The second-order valence-corrected chi connectivity index (χ2v) is 4.39. The van der Waals surface area contributed by atoms with Gasteiger partial charge in [0, 0.05) is 27.2 Å². The lowest BCUT2D eigenvalue weighted by Gasteiger charge is -2.39. The predicted molar refractivity (Wildman–Crippen MR) is 47.7 cm³/mol. The molecule has 0 amide bonds. The summed E-state index contributed by atoms with van der Waals surface area (Å²) in [5.74, 6) is 0. The molecule has 2 aliphatic rings. The van der Waals surface area contributed by atoms with Crippen LogP contribution >= 0.6 is 0 Å². The van der Waals surface area contributed by atoms with Crippen LogP contribution < -0.4 is 5.32 Å². The Bertz CT molecular complexity index is 166. The molecule has 1 saturated heterocycles. The molecule has 0 aromatic heterocycles. The first-order chi connectivity index (χ1) is 5.70. The zero-order valence-corrected chi connectivity index (χ0v) is 7.97. The van der Waals surface area contributed by atoms with Crippen molar-refractivity contribution in [2.45, 2.75) is 25.4 Å². The second kappa shape index (κ2) is 2.98. The van der Waals surface area contributed by atoms with E-state index >= 15 is 0 Å². The summed E-state index contributed by atoms with van der Waals surface area (Å²) in [7, 11) is 3.92. The van der Waals surface area contributed by atoms with E-state index in [9.17, 15) is 0 Å². The molecular formula is C9H18N2O. The highest BCUT2D eigenvalue weighted by Crippen LogP contribution is 2.42. The smallest absolute Gasteiger partial charge is 0.0799 e. The Labute approximate surface area is 74.0 Å². The maximum Gasteiger partial charge on any atom is 0.0799 e. The molecule has 0 radical (unpaired) electrons. The van der Waals surface area contributed by atoms with Gasteiger partial charge >= 0.3 is 0 Å². The van der Waals surface area contributed by atoms with Crippen molar-refractivity contribution >= 4 is 0 Å². The summed E-state index contributed by atoms with van der Waals surface area (Å²) in [5, 5.41) is 5.18. The first-order valence-electron chi connectivity index (χ1n) is 4.75. The van der Waals surface area contributed by atoms with Crippen LogP contribution in [-0.2, 0) is 4.84 Å². The normalized spacial score (nSPS) is 32.8. The van der Waals surface area contributed by atoms with Crippen LogP contribution in [0.1, 0.15) is 19.3 Å². The van der Waals surface area contributed by atoms with Crippen LogP contribution in [-0.4, -0.2) is 38.4 Å². The van der Waals surface area contributed by atoms with E-state index in [1.807, 2.05) is 19.2 Å². The second-order valence-electron chi connectivity index (χ2n) is 4.39. The highest BCUT2D eigenvalue weighted by atomic mass is 16.7. The minimum atomic E-state index is 0.474. The Morgan fingerprint density at radius 2 is 2.17 bits per heavy atom. The van der Waals surface area contributed by atoms with E-state index in [2.05, 4.69) is 5.32 Å². The molecule has 1 spiro atoms. The van der Waals surface area contributed by atoms with E-state index in [0.717, 1.165) is 0 Å². The van der Waals surface area contributed by atoms with Crippen molar-refractivity contribution in [3.63, 3.8) is 0 Å². The van der Waals surface area contributed by atoms with Gasteiger partial charge in [-0.2, -0.15) is 5.06 Å². The fourth-order valence-electron chi connectivity index (χ4n) is 2.34. The van der Waals surface area contributed by atoms with E-state index in [4.69, 9.17) is 4.84 Å². The van der Waals surface area contributed by atoms with Gasteiger partial charge < -0.3 is 5.32 Å². The van der Waals surface area contributed by atoms with Crippen LogP contribution in [0.25, 0.3) is 0 Å². The lowest BCUT2D eigenvalue weighted by Crippen LogP contribution is -2.52. The summed E-state index contributed by atoms with van der Waals surface area (Å²) in [4.78, 5) is 5.65. The number of nitrogens with zero attached hydrogens (tertiary/aromatic N) is 1. The molecule has 1 aliphatic heterocycles. The monoisotopic (exact) mass is 170 g/mol. The van der Waals surface area contributed by atoms with Gasteiger partial charge in [0.15, 0.2) is 0 Å². The third-order valence-corrected chi connectivity index (χ3v) is 3.02. The molecule has 2 rings (SSSR count). The molecule has 1 atom stereocenters. The third kappa shape index (κ3) is 1.49. The zero-order valence-electron chi connectivity index (χ0n) is 7.97. The van der Waals surface area contributed by atoms with Crippen LogP contribution in [0.5, 0.6) is 0 Å². The van der Waals surface area contributed by atoms with Gasteiger partial charge in [-0.25, -0.2) is 0 Å². The van der Waals surface area contributed by atoms with Gasteiger partial charge in [0.05, 0.1) is 6.10 Å². The molecule has 1 heterocycles. The van der Waals surface area contributed by atoms with Crippen LogP contribution in [0.3, 0.4) is 0 Å². The van der Waals surface area contributed by atoms with Gasteiger partial charge in [0.1, 0.15) is 0 Å². The lowest BCUT2D eigenvalue weighted by atomic mass is 9.80. The first kappa shape index (κ1) is 8.48. The van der Waals surface area contributed by atoms with E-state index in [0.29, 0.717) is 11.5 Å². The average molecular weight is 170 g/mol. The van der Waals surface area contributed by atoms with Crippen LogP contribution in [0.2, 0.25) is 0 Å². The number of nitrogens with one attached hydrogen (secondary N) is 1. The van der Waals surface area contributed by atoms with Crippen molar-refractivity contribution in [1.82, 2.24) is 10.4 Å². The van der Waals surface area contributed by atoms with Crippen LogP contribution in [0, 0.1) is 5.41 Å². The van der Waals surface area contributed by atoms with Gasteiger partial charge in [0.25, 0.3) is 0 Å². The summed E-state index contributed by atoms with van der Waals surface area (Å²) < 4.78 is 0. The molecule has 0 bridgehead atoms. The van der Waals surface area contributed by atoms with E-state index in [1.165, 1.54) is 32.4 Å². The summed E-state index contributed by atoms with van der Waals surface area (Å²) in [6, 6.07) is 0. The molecular weight excluding hydrogens is 152 g/mol. The molecule has 12 heavy (non-hydrogen) atoms. The quantitative estimate of drug-likeness (QED) is 0.615. The standard InChI is InChI=1S/C9H18N2O/c1-11(2)12-8-3-4-9(5-8)6-10-7-9/h8,10H,3-7H2,1-2H3. The maximum absolute atomic E-state index is 5.65. The minimum absolute atomic E-state index is 0.474. The van der Waals surface area contributed by atoms with Gasteiger partial charge in [-0.3, -0.25) is 4.84 Å². The Hall–Kier alpha value is -0.120. The summed E-state index contributed by atoms with van der Waals surface area (Å²) in [6.07, 6.45) is 4.30. The highest BCUT2D eigenvalue weighted by molar-refractivity contribution is 4.98. The van der Waals surface area contributed by atoms with Crippen molar-refractivity contribution in [2.75, 3.05) is 27.2 Å². The molecule has 3 nitrogen and oxygen atoms in total. The van der Waals surface area contributed by atoms with Crippen molar-refractivity contribution in [1.29, 1.82) is 0 Å². The number of hydrogen-bond acceptors (Lipinski definition) is 3. The summed E-state index contributed by atoms with van der Waals surface area (Å²) >= 11 is 0. The Kier molecular flexibility index (Phi) is 2.10. The molecule has 1 N–H and O–H groups in total. The van der Waals surface area contributed by atoms with Gasteiger partial charge in [-0.1, -0.05) is 0 Å². The van der Waals surface area contributed by atoms with E-state index in [1.54, 1.807) is 0 Å². The summed E-state index contributed by atoms with van der Waals surface area (Å²) in [5.41, 5.74) is 0.612. The van der Waals surface area contributed by atoms with Crippen molar-refractivity contribution in [2.24, 2.45) is 5.41 Å². The average Bonchev–Trinajstić information content (AvgIpc) is 2.29. The fraction of sp³-hybridized carbons (Fsp3) is 1.00. The first-order valence-corrected chi connectivity index (χ1v) is 4.75. The molecule has 0 aromatic rings. The molecule has 1 unspecified atom stereocenters. The highest BCUT2D eigenvalue weighted by Gasteiger charge is 2.44. The van der Waals surface area contributed by atoms with Gasteiger partial charge in [-0.15, -0.1) is 0 Å². The van der Waals surface area contributed by atoms with Crippen LogP contribution in [0.4, 0.5) is 0 Å². The number of rotatable bonds is 2. The predicted octanol–water partition coefficient (Wildman–Crippen LogP) is 0.622. The molecule has 2 fully saturated rings. The van der Waals surface area contributed by atoms with Gasteiger partial charge in [0.2, 0.25) is 0 Å². The van der Waals surface area contributed by atoms with E-state index < -0.39 is 0 Å². The molecule has 70 valence electrons. The molecule has 0 aromatic carbocycles. The molecule has 1 aliphatic carbocycles. The SMILES string of the molecule is CN(C)OC1CCC2(CNC2)C1. The summed E-state index contributed by atoms with van der Waals surface area (Å²) in [6.45, 7) is 2.42. The Balaban J connectivity index is 1.81. The van der Waals surface area contributed by atoms with Crippen molar-refractivity contribution < 1.29 is 4.84 Å². The fourth-order valence-corrected chi connectivity index (χ4v) is 2.34. The molecule has 3 heteroatoms. The largest absolute Gasteiger partial charge is 0.316 e. The zero-order chi connectivity index (χ0) is 8.60. The van der Waals surface area contributed by atoms with Crippen LogP contribution in [0.15, 0.2) is 0 Å². The van der Waals surface area contributed by atoms with Crippen molar-refractivity contribution in [3.05, 3.63) is 0 Å². The number of hydrogen-bond donors (Lipinski definition) is 1. The molecule has 1 saturated carbocycles. The topological polar surface area (TPSA) is 24.5 Å². The maximum atomic E-state index is 5.65. The Morgan fingerprint density at radius 3 is 2.58 bits per heavy atom. The Morgan fingerprint density at radius 1 is 1.42 bits per heavy atom. The minimum Gasteiger partial charge on any atom is -0.316 e. The lowest BCUT2D eigenvalue weighted by molar-refractivity contribution is -0.164. The van der Waals surface area contributed by atoms with E-state index in [-0.39, 0.29) is 0 Å². The van der Waals surface area contributed by atoms with Crippen molar-refractivity contribution in [3.8, 4) is 0 Å².